The maximum atomic E-state index is 12.8. The lowest BCUT2D eigenvalue weighted by atomic mass is 10.0. The van der Waals surface area contributed by atoms with E-state index in [0.717, 1.165) is 25.2 Å². The van der Waals surface area contributed by atoms with Crippen molar-refractivity contribution in [2.45, 2.75) is 66.2 Å². The summed E-state index contributed by atoms with van der Waals surface area (Å²) < 4.78 is 20.8. The van der Waals surface area contributed by atoms with E-state index < -0.39 is 17.9 Å². The molecule has 0 amide bonds. The van der Waals surface area contributed by atoms with Gasteiger partial charge in [-0.05, 0) is 57.0 Å². The highest BCUT2D eigenvalue weighted by Crippen LogP contribution is 2.15. The molecule has 3 atom stereocenters. The van der Waals surface area contributed by atoms with Crippen molar-refractivity contribution in [1.82, 2.24) is 4.90 Å². The van der Waals surface area contributed by atoms with Crippen molar-refractivity contribution in [3.8, 4) is 0 Å². The van der Waals surface area contributed by atoms with Gasteiger partial charge >= 0.3 is 23.9 Å². The molecule has 0 aromatic rings. The van der Waals surface area contributed by atoms with Gasteiger partial charge in [-0.15, -0.1) is 0 Å². The van der Waals surface area contributed by atoms with Gasteiger partial charge in [-0.3, -0.25) is 9.59 Å². The maximum Gasteiger partial charge on any atom is 0.330 e. The molecule has 9 nitrogen and oxygen atoms in total. The smallest absolute Gasteiger partial charge is 0.330 e. The van der Waals surface area contributed by atoms with E-state index in [1.807, 2.05) is 27.7 Å². The fourth-order valence-corrected chi connectivity index (χ4v) is 3.42. The van der Waals surface area contributed by atoms with Crippen molar-refractivity contribution in [3.63, 3.8) is 0 Å². The van der Waals surface area contributed by atoms with E-state index in [1.54, 1.807) is 0 Å². The predicted octanol–water partition coefficient (Wildman–Crippen LogP) is 4.10. The van der Waals surface area contributed by atoms with Gasteiger partial charge in [0.05, 0.1) is 32.3 Å². The summed E-state index contributed by atoms with van der Waals surface area (Å²) in [5.74, 6) is -1.52. The largest absolute Gasteiger partial charge is 0.466 e. The number of hydrogen-bond donors (Lipinski definition) is 0. The number of rotatable bonds is 22. The van der Waals surface area contributed by atoms with Crippen molar-refractivity contribution in [2.24, 2.45) is 17.8 Å². The second kappa shape index (κ2) is 21.4. The van der Waals surface area contributed by atoms with E-state index in [0.29, 0.717) is 51.9 Å². The van der Waals surface area contributed by atoms with Crippen LogP contribution in [-0.4, -0.2) is 74.8 Å². The van der Waals surface area contributed by atoms with Gasteiger partial charge in [-0.1, -0.05) is 40.9 Å². The van der Waals surface area contributed by atoms with Crippen LogP contribution in [0.4, 0.5) is 0 Å². The Balaban J connectivity index is 4.47. The SMILES string of the molecule is C=CC(=O)OCCC(C)CCOC(=O)CCC(CN(CC)CC)C(=O)OCCC(C)CCOC(=O)C=C. The second-order valence-corrected chi connectivity index (χ2v) is 9.22. The highest BCUT2D eigenvalue weighted by molar-refractivity contribution is 5.81. The van der Waals surface area contributed by atoms with Gasteiger partial charge < -0.3 is 23.8 Å². The number of hydrogen-bond acceptors (Lipinski definition) is 9. The van der Waals surface area contributed by atoms with E-state index in [4.69, 9.17) is 18.9 Å². The van der Waals surface area contributed by atoms with Crippen molar-refractivity contribution < 1.29 is 38.1 Å². The molecule has 0 aliphatic rings. The van der Waals surface area contributed by atoms with Crippen LogP contribution >= 0.6 is 0 Å². The van der Waals surface area contributed by atoms with Crippen molar-refractivity contribution >= 4 is 23.9 Å². The molecule has 0 heterocycles. The first kappa shape index (κ1) is 34.3. The van der Waals surface area contributed by atoms with Gasteiger partial charge in [0.25, 0.3) is 0 Å². The van der Waals surface area contributed by atoms with Gasteiger partial charge in [0.15, 0.2) is 0 Å². The van der Waals surface area contributed by atoms with Gasteiger partial charge in [0.2, 0.25) is 0 Å². The van der Waals surface area contributed by atoms with Crippen molar-refractivity contribution in [2.75, 3.05) is 46.1 Å². The quantitative estimate of drug-likeness (QED) is 0.117. The summed E-state index contributed by atoms with van der Waals surface area (Å²) >= 11 is 0. The lowest BCUT2D eigenvalue weighted by Crippen LogP contribution is -2.34. The number of carbonyl (C=O) groups is 4. The average molecular weight is 526 g/mol. The Hall–Kier alpha value is -2.68. The van der Waals surface area contributed by atoms with E-state index in [2.05, 4.69) is 18.1 Å². The molecule has 3 unspecified atom stereocenters. The van der Waals surface area contributed by atoms with Gasteiger partial charge in [-0.25, -0.2) is 9.59 Å². The maximum absolute atomic E-state index is 12.8. The van der Waals surface area contributed by atoms with Crippen LogP contribution in [0.3, 0.4) is 0 Å². The van der Waals surface area contributed by atoms with E-state index >= 15 is 0 Å². The minimum Gasteiger partial charge on any atom is -0.466 e. The first-order chi connectivity index (χ1) is 17.7. The summed E-state index contributed by atoms with van der Waals surface area (Å²) in [5.41, 5.74) is 0. The molecule has 0 saturated heterocycles. The standard InChI is InChI=1S/C28H47NO8/c1-7-25(30)34-17-13-22(5)15-19-36-27(32)12-11-24(21-29(9-3)10-4)28(33)37-20-16-23(6)14-18-35-26(31)8-2/h7-8,22-24H,1-2,9-21H2,3-6H3. The minimum absolute atomic E-state index is 0.136. The molecule has 0 aliphatic carbocycles. The Morgan fingerprint density at radius 2 is 1.14 bits per heavy atom. The number of nitrogens with zero attached hydrogens (tertiary/aromatic N) is 1. The Morgan fingerprint density at radius 1 is 0.703 bits per heavy atom. The zero-order valence-electron chi connectivity index (χ0n) is 23.2. The summed E-state index contributed by atoms with van der Waals surface area (Å²) in [6.07, 6.45) is 5.41. The van der Waals surface area contributed by atoms with Crippen LogP contribution in [0, 0.1) is 17.8 Å². The molecule has 0 aromatic carbocycles. The van der Waals surface area contributed by atoms with Crippen molar-refractivity contribution in [1.29, 1.82) is 0 Å². The van der Waals surface area contributed by atoms with Crippen LogP contribution in [0.25, 0.3) is 0 Å². The predicted molar refractivity (Wildman–Crippen MR) is 142 cm³/mol. The molecule has 0 saturated carbocycles. The number of carbonyl (C=O) groups excluding carboxylic acids is 4. The third kappa shape index (κ3) is 18.2. The fourth-order valence-electron chi connectivity index (χ4n) is 3.42. The summed E-state index contributed by atoms with van der Waals surface area (Å²) in [6.45, 7) is 18.0. The molecule has 0 aromatic heterocycles. The van der Waals surface area contributed by atoms with Gasteiger partial charge in [-0.2, -0.15) is 0 Å². The monoisotopic (exact) mass is 525 g/mol. The Morgan fingerprint density at radius 3 is 1.57 bits per heavy atom. The summed E-state index contributed by atoms with van der Waals surface area (Å²) in [4.78, 5) is 49.4. The Bertz CT molecular complexity index is 704. The van der Waals surface area contributed by atoms with Crippen LogP contribution < -0.4 is 0 Å². The average Bonchev–Trinajstić information content (AvgIpc) is 2.88. The first-order valence-corrected chi connectivity index (χ1v) is 13.3. The highest BCUT2D eigenvalue weighted by atomic mass is 16.5. The van der Waals surface area contributed by atoms with Gasteiger partial charge in [0, 0.05) is 25.1 Å². The van der Waals surface area contributed by atoms with Gasteiger partial charge in [0.1, 0.15) is 0 Å². The summed E-state index contributed by atoms with van der Waals surface area (Å²) in [6, 6.07) is 0. The first-order valence-electron chi connectivity index (χ1n) is 13.3. The minimum atomic E-state index is -0.447. The molecular weight excluding hydrogens is 478 g/mol. The molecule has 9 heteroatoms. The van der Waals surface area contributed by atoms with Crippen LogP contribution in [0.2, 0.25) is 0 Å². The van der Waals surface area contributed by atoms with Crippen LogP contribution in [-0.2, 0) is 38.1 Å². The molecule has 0 radical (unpaired) electrons. The third-order valence-electron chi connectivity index (χ3n) is 6.18. The summed E-state index contributed by atoms with van der Waals surface area (Å²) in [7, 11) is 0. The van der Waals surface area contributed by atoms with Crippen LogP contribution in [0.5, 0.6) is 0 Å². The molecule has 0 bridgehead atoms. The van der Waals surface area contributed by atoms with E-state index in [-0.39, 0.29) is 43.4 Å². The molecule has 0 aliphatic heterocycles. The molecule has 37 heavy (non-hydrogen) atoms. The topological polar surface area (TPSA) is 108 Å². The summed E-state index contributed by atoms with van der Waals surface area (Å²) in [5, 5.41) is 0. The fraction of sp³-hybridized carbons (Fsp3) is 0.714. The third-order valence-corrected chi connectivity index (χ3v) is 6.18. The highest BCUT2D eigenvalue weighted by Gasteiger charge is 2.24. The van der Waals surface area contributed by atoms with Crippen LogP contribution in [0.1, 0.15) is 66.2 Å². The number of ether oxygens (including phenoxy) is 4. The second-order valence-electron chi connectivity index (χ2n) is 9.22. The van der Waals surface area contributed by atoms with Crippen LogP contribution in [0.15, 0.2) is 25.3 Å². The Labute approximate surface area is 222 Å². The molecule has 0 spiro atoms. The van der Waals surface area contributed by atoms with Crippen molar-refractivity contribution in [3.05, 3.63) is 25.3 Å². The Kier molecular flexibility index (Phi) is 19.9. The molecule has 212 valence electrons. The van der Waals surface area contributed by atoms with E-state index in [9.17, 15) is 19.2 Å². The number of esters is 4. The molecule has 0 fully saturated rings. The molecule has 0 rings (SSSR count). The normalized spacial score (nSPS) is 13.2. The molecule has 0 N–H and O–H groups in total. The zero-order valence-corrected chi connectivity index (χ0v) is 23.2. The van der Waals surface area contributed by atoms with E-state index in [1.165, 1.54) is 0 Å². The molecular formula is C28H47NO8. The lowest BCUT2D eigenvalue weighted by molar-refractivity contribution is -0.151. The lowest BCUT2D eigenvalue weighted by Gasteiger charge is -2.24. The zero-order chi connectivity index (χ0) is 28.1.